The lowest BCUT2D eigenvalue weighted by Gasteiger charge is -2.28. The van der Waals surface area contributed by atoms with Crippen LogP contribution in [0, 0.1) is 27.7 Å². The largest absolute Gasteiger partial charge is 0.352 e. The summed E-state index contributed by atoms with van der Waals surface area (Å²) in [6, 6.07) is 18.9. The van der Waals surface area contributed by atoms with Crippen LogP contribution in [0.2, 0.25) is 0 Å². The summed E-state index contributed by atoms with van der Waals surface area (Å²) in [7, 11) is 0. The van der Waals surface area contributed by atoms with Crippen LogP contribution in [0.1, 0.15) is 55.8 Å². The van der Waals surface area contributed by atoms with Crippen molar-refractivity contribution in [2.45, 2.75) is 46.1 Å². The van der Waals surface area contributed by atoms with Crippen molar-refractivity contribution in [1.29, 1.82) is 0 Å². The van der Waals surface area contributed by atoms with Gasteiger partial charge >= 0.3 is 0 Å². The number of carbonyl (C=O) groups is 2. The second-order valence-corrected chi connectivity index (χ2v) is 12.2. The Morgan fingerprint density at radius 1 is 0.587 bits per heavy atom. The van der Waals surface area contributed by atoms with Gasteiger partial charge in [0.25, 0.3) is 11.8 Å². The smallest absolute Gasteiger partial charge is 0.253 e. The van der Waals surface area contributed by atoms with Crippen molar-refractivity contribution in [2.75, 3.05) is 19.6 Å². The highest BCUT2D eigenvalue weighted by Crippen LogP contribution is 2.25. The first-order valence-electron chi connectivity index (χ1n) is 15.5. The first kappa shape index (κ1) is 30.9. The summed E-state index contributed by atoms with van der Waals surface area (Å²) in [6.07, 6.45) is 0.848. The van der Waals surface area contributed by atoms with Gasteiger partial charge in [-0.3, -0.25) is 9.59 Å². The zero-order chi connectivity index (χ0) is 32.6. The van der Waals surface area contributed by atoms with Gasteiger partial charge in [0.05, 0.1) is 44.2 Å². The fraction of sp³-hybridized carbons (Fsp3) is 0.278. The molecule has 0 fully saturated rings. The Hall–Kier alpha value is -5.06. The average molecular weight is 615 g/mol. The molecule has 46 heavy (non-hydrogen) atoms. The number of hydrogen-bond acceptors (Lipinski definition) is 8. The SMILES string of the molecule is Cc1ccc(C)c2nc3c(C(=O)NCCC(N)(CN)CCNC(=O)c4cccc5nc6c(C)ccc(C)c6nc45)cccc3nc12. The minimum atomic E-state index is -0.798. The minimum Gasteiger partial charge on any atom is -0.352 e. The summed E-state index contributed by atoms with van der Waals surface area (Å²) in [5.41, 5.74) is 22.6. The molecule has 6 rings (SSSR count). The van der Waals surface area contributed by atoms with Gasteiger partial charge < -0.3 is 22.1 Å². The predicted octanol–water partition coefficient (Wildman–Crippen LogP) is 4.71. The van der Waals surface area contributed by atoms with Gasteiger partial charge in [0.2, 0.25) is 0 Å². The van der Waals surface area contributed by atoms with Crippen LogP contribution in [0.4, 0.5) is 0 Å². The standard InChI is InChI=1S/C36H38N8O2/c1-20-11-13-22(3)30-28(20)41-26-9-5-7-24(32(26)43-30)34(45)39-17-15-36(38,19-37)16-18-40-35(46)25-8-6-10-27-33(25)44-31-23(4)14-12-21(2)29(31)42-27/h5-14H,15-19,37-38H2,1-4H3,(H,39,45)(H,40,46). The van der Waals surface area contributed by atoms with Crippen LogP contribution in [0.5, 0.6) is 0 Å². The molecule has 0 atom stereocenters. The van der Waals surface area contributed by atoms with Crippen molar-refractivity contribution in [3.8, 4) is 0 Å². The Bertz CT molecular complexity index is 2010. The molecule has 2 amide bonds. The number of rotatable bonds is 9. The van der Waals surface area contributed by atoms with E-state index in [1.807, 2.05) is 76.2 Å². The highest BCUT2D eigenvalue weighted by Gasteiger charge is 2.24. The van der Waals surface area contributed by atoms with Crippen molar-refractivity contribution >= 4 is 55.9 Å². The molecule has 2 heterocycles. The fourth-order valence-corrected chi connectivity index (χ4v) is 5.81. The molecule has 0 spiro atoms. The Morgan fingerprint density at radius 3 is 1.33 bits per heavy atom. The van der Waals surface area contributed by atoms with Crippen molar-refractivity contribution in [1.82, 2.24) is 30.6 Å². The number of hydrogen-bond donors (Lipinski definition) is 4. The molecule has 6 aromatic rings. The first-order chi connectivity index (χ1) is 22.1. The number of benzene rings is 4. The van der Waals surface area contributed by atoms with E-state index in [4.69, 9.17) is 31.4 Å². The number of carbonyl (C=O) groups excluding carboxylic acids is 2. The van der Waals surface area contributed by atoms with Gasteiger partial charge in [0.15, 0.2) is 0 Å². The van der Waals surface area contributed by atoms with Crippen molar-refractivity contribution in [2.24, 2.45) is 11.5 Å². The van der Waals surface area contributed by atoms with Gasteiger partial charge in [0.1, 0.15) is 11.0 Å². The number of para-hydroxylation sites is 2. The maximum Gasteiger partial charge on any atom is 0.253 e. The first-order valence-corrected chi connectivity index (χ1v) is 15.5. The Balaban J connectivity index is 1.11. The molecule has 6 N–H and O–H groups in total. The van der Waals surface area contributed by atoms with Crippen LogP contribution in [0.25, 0.3) is 44.1 Å². The van der Waals surface area contributed by atoms with Crippen LogP contribution in [-0.4, -0.2) is 56.9 Å². The topological polar surface area (TPSA) is 162 Å². The van der Waals surface area contributed by atoms with E-state index in [1.54, 1.807) is 12.1 Å². The van der Waals surface area contributed by atoms with Crippen LogP contribution < -0.4 is 22.1 Å². The van der Waals surface area contributed by atoms with Crippen molar-refractivity contribution in [3.63, 3.8) is 0 Å². The number of aromatic nitrogens is 4. The van der Waals surface area contributed by atoms with Crippen LogP contribution >= 0.6 is 0 Å². The number of nitrogens with zero attached hydrogens (tertiary/aromatic N) is 4. The van der Waals surface area contributed by atoms with E-state index >= 15 is 0 Å². The molecule has 4 aromatic carbocycles. The molecule has 0 bridgehead atoms. The molecule has 0 aliphatic carbocycles. The lowest BCUT2D eigenvalue weighted by Crippen LogP contribution is -2.51. The number of nitrogens with one attached hydrogen (secondary N) is 2. The van der Waals surface area contributed by atoms with Crippen LogP contribution in [-0.2, 0) is 0 Å². The quantitative estimate of drug-likeness (QED) is 0.170. The Kier molecular flexibility index (Phi) is 8.33. The summed E-state index contributed by atoms with van der Waals surface area (Å²) in [4.78, 5) is 45.9. The van der Waals surface area contributed by atoms with Gasteiger partial charge in [-0.05, 0) is 87.1 Å². The molecule has 0 saturated heterocycles. The number of aryl methyl sites for hydroxylation is 4. The maximum atomic E-state index is 13.3. The summed E-state index contributed by atoms with van der Waals surface area (Å²) in [6.45, 7) is 8.78. The van der Waals surface area contributed by atoms with E-state index in [0.717, 1.165) is 44.3 Å². The van der Waals surface area contributed by atoms with Gasteiger partial charge in [-0.1, -0.05) is 36.4 Å². The molecule has 2 aromatic heterocycles. The van der Waals surface area contributed by atoms with Crippen LogP contribution in [0.3, 0.4) is 0 Å². The Morgan fingerprint density at radius 2 is 0.957 bits per heavy atom. The zero-order valence-corrected chi connectivity index (χ0v) is 26.6. The highest BCUT2D eigenvalue weighted by atomic mass is 16.2. The molecule has 0 aliphatic heterocycles. The molecular formula is C36H38N8O2. The molecule has 10 heteroatoms. The highest BCUT2D eigenvalue weighted by molar-refractivity contribution is 6.07. The Labute approximate surface area is 267 Å². The van der Waals surface area contributed by atoms with E-state index in [2.05, 4.69) is 10.6 Å². The monoisotopic (exact) mass is 614 g/mol. The van der Waals surface area contributed by atoms with E-state index in [-0.39, 0.29) is 18.4 Å². The van der Waals surface area contributed by atoms with Crippen molar-refractivity contribution < 1.29 is 9.59 Å². The summed E-state index contributed by atoms with van der Waals surface area (Å²) >= 11 is 0. The molecular weight excluding hydrogens is 576 g/mol. The van der Waals surface area contributed by atoms with Crippen molar-refractivity contribution in [3.05, 3.63) is 94.0 Å². The number of amides is 2. The van der Waals surface area contributed by atoms with Gasteiger partial charge in [-0.15, -0.1) is 0 Å². The summed E-state index contributed by atoms with van der Waals surface area (Å²) < 4.78 is 0. The second-order valence-electron chi connectivity index (χ2n) is 12.2. The fourth-order valence-electron chi connectivity index (χ4n) is 5.81. The zero-order valence-electron chi connectivity index (χ0n) is 26.6. The van der Waals surface area contributed by atoms with Gasteiger partial charge in [0, 0.05) is 25.2 Å². The molecule has 0 radical (unpaired) electrons. The van der Waals surface area contributed by atoms with E-state index in [1.165, 1.54) is 0 Å². The summed E-state index contributed by atoms with van der Waals surface area (Å²) in [5.74, 6) is -0.514. The van der Waals surface area contributed by atoms with Gasteiger partial charge in [-0.2, -0.15) is 0 Å². The lowest BCUT2D eigenvalue weighted by atomic mass is 9.92. The average Bonchev–Trinajstić information content (AvgIpc) is 3.06. The van der Waals surface area contributed by atoms with E-state index in [9.17, 15) is 9.59 Å². The third kappa shape index (κ3) is 5.84. The predicted molar refractivity (Wildman–Crippen MR) is 183 cm³/mol. The number of nitrogens with two attached hydrogens (primary N) is 2. The maximum absolute atomic E-state index is 13.3. The van der Waals surface area contributed by atoms with Crippen LogP contribution in [0.15, 0.2) is 60.7 Å². The van der Waals surface area contributed by atoms with E-state index in [0.29, 0.717) is 59.1 Å². The number of fused-ring (bicyclic) bond motifs is 4. The minimum absolute atomic E-state index is 0.188. The second kappa shape index (κ2) is 12.4. The van der Waals surface area contributed by atoms with Gasteiger partial charge in [-0.25, -0.2) is 19.9 Å². The molecule has 234 valence electrons. The molecule has 0 aliphatic rings. The normalized spacial score (nSPS) is 11.9. The third-order valence-corrected chi connectivity index (χ3v) is 8.76. The van der Waals surface area contributed by atoms with E-state index < -0.39 is 5.54 Å². The molecule has 0 saturated carbocycles. The summed E-state index contributed by atoms with van der Waals surface area (Å²) in [5, 5.41) is 5.96. The molecule has 10 nitrogen and oxygen atoms in total. The molecule has 0 unspecified atom stereocenters. The third-order valence-electron chi connectivity index (χ3n) is 8.76. The lowest BCUT2D eigenvalue weighted by molar-refractivity contribution is 0.0949.